The molecule has 0 bridgehead atoms. The predicted octanol–water partition coefficient (Wildman–Crippen LogP) is 3.99. The number of quaternary nitrogens is 1. The average molecular weight is 494 g/mol. The fraction of sp³-hybridized carbons (Fsp3) is 1.00. The van der Waals surface area contributed by atoms with Crippen LogP contribution in [0.4, 0.5) is 0 Å². The van der Waals surface area contributed by atoms with Crippen LogP contribution in [-0.2, 0) is 0 Å². The lowest BCUT2D eigenvalue weighted by atomic mass is 10.0. The molecule has 0 unspecified atom stereocenters. The molecule has 0 atom stereocenters. The van der Waals surface area contributed by atoms with Crippen LogP contribution in [0.3, 0.4) is 0 Å². The molecule has 1 aliphatic rings. The fourth-order valence-corrected chi connectivity index (χ4v) is 5.22. The minimum atomic E-state index is 0. The van der Waals surface area contributed by atoms with Gasteiger partial charge in [0.2, 0.25) is 0 Å². The van der Waals surface area contributed by atoms with Gasteiger partial charge in [0.05, 0.1) is 26.2 Å². The van der Waals surface area contributed by atoms with Gasteiger partial charge in [0, 0.05) is 0 Å². The Kier molecular flexibility index (Phi) is 22.5. The zero-order chi connectivity index (χ0) is 20.2. The minimum absolute atomic E-state index is 0. The fourth-order valence-electron chi connectivity index (χ4n) is 4.99. The van der Waals surface area contributed by atoms with Crippen LogP contribution in [0.25, 0.3) is 0 Å². The monoisotopic (exact) mass is 492 g/mol. The second-order valence-corrected chi connectivity index (χ2v) is 9.87. The molecule has 1 saturated heterocycles. The molecule has 176 valence electrons. The summed E-state index contributed by atoms with van der Waals surface area (Å²) in [6.45, 7) is 7.10. The van der Waals surface area contributed by atoms with Crippen molar-refractivity contribution in [2.24, 2.45) is 0 Å². The normalized spacial score (nSPS) is 15.9. The van der Waals surface area contributed by atoms with Gasteiger partial charge in [-0.1, -0.05) is 57.8 Å². The van der Waals surface area contributed by atoms with Crippen molar-refractivity contribution < 1.29 is 21.5 Å². The van der Waals surface area contributed by atoms with Gasteiger partial charge in [-0.2, -0.15) is 12.6 Å². The Hall–Kier alpha value is 0.750. The summed E-state index contributed by atoms with van der Waals surface area (Å²) >= 11 is 4.30. The number of piperidine rings is 1. The van der Waals surface area contributed by atoms with Gasteiger partial charge in [-0.3, -0.25) is 0 Å². The summed E-state index contributed by atoms with van der Waals surface area (Å²) in [5, 5.41) is 3.25. The molecule has 0 saturated carbocycles. The molecule has 1 aliphatic heterocycles. The molecule has 1 heterocycles. The number of hydrogen-bond acceptors (Lipinski definition) is 2. The molecule has 2 nitrogen and oxygen atoms in total. The Morgan fingerprint density at radius 2 is 1.00 bits per heavy atom. The van der Waals surface area contributed by atoms with Gasteiger partial charge < -0.3 is 26.8 Å². The highest BCUT2D eigenvalue weighted by atomic mass is 79.9. The molecule has 29 heavy (non-hydrogen) atoms. The maximum absolute atomic E-state index is 4.30. The van der Waals surface area contributed by atoms with E-state index in [0.717, 1.165) is 5.75 Å². The molecule has 0 amide bonds. The maximum atomic E-state index is 4.30. The van der Waals surface area contributed by atoms with Crippen LogP contribution in [0.5, 0.6) is 0 Å². The van der Waals surface area contributed by atoms with Gasteiger partial charge >= 0.3 is 0 Å². The van der Waals surface area contributed by atoms with E-state index in [9.17, 15) is 0 Å². The molecule has 0 aromatic rings. The smallest absolute Gasteiger partial charge is 0.0786 e. The van der Waals surface area contributed by atoms with Gasteiger partial charge in [0.15, 0.2) is 0 Å². The van der Waals surface area contributed by atoms with Crippen LogP contribution in [0.15, 0.2) is 0 Å². The standard InChI is InChI=1S/C25H52N2S.BrH/c1-26-20-14-9-5-4-7-11-16-22-27(23-17-13-18-24-27)21-15-10-6-2-3-8-12-19-25-28;/h26H,2-25H2,1H3;1H. The third-order valence-electron chi connectivity index (χ3n) is 6.86. The van der Waals surface area contributed by atoms with E-state index in [2.05, 4.69) is 25.0 Å². The summed E-state index contributed by atoms with van der Waals surface area (Å²) in [5.74, 6) is 1.07. The second-order valence-electron chi connectivity index (χ2n) is 9.43. The Labute approximate surface area is 200 Å². The van der Waals surface area contributed by atoms with E-state index in [1.807, 2.05) is 0 Å². The highest BCUT2D eigenvalue weighted by Crippen LogP contribution is 2.22. The Balaban J connectivity index is 0.00000784. The van der Waals surface area contributed by atoms with Crippen molar-refractivity contribution in [2.45, 2.75) is 116 Å². The van der Waals surface area contributed by atoms with Crippen molar-refractivity contribution in [3.05, 3.63) is 0 Å². The number of thiol groups is 1. The summed E-state index contributed by atoms with van der Waals surface area (Å²) in [5.41, 5.74) is 0. The highest BCUT2D eigenvalue weighted by molar-refractivity contribution is 7.80. The van der Waals surface area contributed by atoms with E-state index in [4.69, 9.17) is 0 Å². The second kappa shape index (κ2) is 22.0. The van der Waals surface area contributed by atoms with Gasteiger partial charge in [-0.05, 0) is 77.1 Å². The SMILES string of the molecule is CNCCCCCCCCC[N+]1(CCCCCCCCCCS)CCCCC1.[Br-]. The number of likely N-dealkylation sites (tertiary alicyclic amines) is 1. The largest absolute Gasteiger partial charge is 1.00 e. The van der Waals surface area contributed by atoms with Gasteiger partial charge in [0.25, 0.3) is 0 Å². The quantitative estimate of drug-likeness (QED) is 0.149. The first-order valence-electron chi connectivity index (χ1n) is 12.9. The summed E-state index contributed by atoms with van der Waals surface area (Å²) in [6.07, 6.45) is 26.0. The molecule has 1 fully saturated rings. The third kappa shape index (κ3) is 17.0. The lowest BCUT2D eigenvalue weighted by molar-refractivity contribution is -0.932. The molecule has 0 aromatic carbocycles. The summed E-state index contributed by atoms with van der Waals surface area (Å²) in [7, 11) is 2.06. The van der Waals surface area contributed by atoms with Crippen LogP contribution in [0.2, 0.25) is 0 Å². The lowest BCUT2D eigenvalue weighted by Crippen LogP contribution is -3.00. The zero-order valence-corrected chi connectivity index (χ0v) is 22.2. The first-order valence-corrected chi connectivity index (χ1v) is 13.6. The number of rotatable bonds is 20. The first kappa shape index (κ1) is 29.8. The molecule has 4 heteroatoms. The molecular formula is C25H53BrN2S. The van der Waals surface area contributed by atoms with Gasteiger partial charge in [-0.25, -0.2) is 0 Å². The van der Waals surface area contributed by atoms with E-state index >= 15 is 0 Å². The average Bonchev–Trinajstić information content (AvgIpc) is 2.72. The Morgan fingerprint density at radius 3 is 1.45 bits per heavy atom. The number of hydrogen-bond donors (Lipinski definition) is 2. The summed E-state index contributed by atoms with van der Waals surface area (Å²) in [4.78, 5) is 0. The first-order chi connectivity index (χ1) is 13.8. The lowest BCUT2D eigenvalue weighted by Gasteiger charge is -2.42. The number of unbranched alkanes of at least 4 members (excludes halogenated alkanes) is 13. The molecular weight excluding hydrogens is 440 g/mol. The van der Waals surface area contributed by atoms with E-state index in [0.29, 0.717) is 0 Å². The molecule has 0 radical (unpaired) electrons. The van der Waals surface area contributed by atoms with Crippen molar-refractivity contribution in [1.29, 1.82) is 0 Å². The van der Waals surface area contributed by atoms with Crippen molar-refractivity contribution in [2.75, 3.05) is 45.5 Å². The summed E-state index contributed by atoms with van der Waals surface area (Å²) < 4.78 is 1.48. The van der Waals surface area contributed by atoms with Crippen molar-refractivity contribution in [3.8, 4) is 0 Å². The Bertz CT molecular complexity index is 298. The van der Waals surface area contributed by atoms with Crippen molar-refractivity contribution in [1.82, 2.24) is 5.32 Å². The van der Waals surface area contributed by atoms with Crippen LogP contribution in [0.1, 0.15) is 116 Å². The third-order valence-corrected chi connectivity index (χ3v) is 7.18. The number of halogens is 1. The number of nitrogens with zero attached hydrogens (tertiary/aromatic N) is 1. The molecule has 0 aromatic heterocycles. The zero-order valence-electron chi connectivity index (χ0n) is 19.7. The molecule has 1 rings (SSSR count). The van der Waals surface area contributed by atoms with Gasteiger partial charge in [-0.15, -0.1) is 0 Å². The van der Waals surface area contributed by atoms with E-state index in [-0.39, 0.29) is 17.0 Å². The van der Waals surface area contributed by atoms with Crippen LogP contribution in [-0.4, -0.2) is 50.0 Å². The van der Waals surface area contributed by atoms with E-state index < -0.39 is 0 Å². The minimum Gasteiger partial charge on any atom is -1.00 e. The highest BCUT2D eigenvalue weighted by Gasteiger charge is 2.28. The van der Waals surface area contributed by atoms with Gasteiger partial charge in [0.1, 0.15) is 0 Å². The number of nitrogens with one attached hydrogen (secondary N) is 1. The van der Waals surface area contributed by atoms with Crippen LogP contribution >= 0.6 is 12.6 Å². The molecule has 0 aliphatic carbocycles. The maximum Gasteiger partial charge on any atom is 0.0786 e. The van der Waals surface area contributed by atoms with Crippen LogP contribution in [0, 0.1) is 0 Å². The summed E-state index contributed by atoms with van der Waals surface area (Å²) in [6, 6.07) is 0. The molecule has 1 N–H and O–H groups in total. The van der Waals surface area contributed by atoms with Crippen molar-refractivity contribution >= 4 is 12.6 Å². The predicted molar refractivity (Wildman–Crippen MR) is 131 cm³/mol. The van der Waals surface area contributed by atoms with E-state index in [1.54, 1.807) is 0 Å². The van der Waals surface area contributed by atoms with Crippen LogP contribution < -0.4 is 22.3 Å². The molecule has 0 spiro atoms. The van der Waals surface area contributed by atoms with E-state index in [1.165, 1.54) is 153 Å². The van der Waals surface area contributed by atoms with Crippen molar-refractivity contribution in [3.63, 3.8) is 0 Å². The Morgan fingerprint density at radius 1 is 0.586 bits per heavy atom. The topological polar surface area (TPSA) is 12.0 Å².